The molecule has 2 heterocycles. The van der Waals surface area contributed by atoms with Crippen LogP contribution in [0.2, 0.25) is 0 Å². The number of aromatic nitrogens is 1. The molecule has 0 saturated heterocycles. The van der Waals surface area contributed by atoms with Gasteiger partial charge in [-0.2, -0.15) is 0 Å². The molecule has 0 aliphatic heterocycles. The van der Waals surface area contributed by atoms with Gasteiger partial charge in [0, 0.05) is 16.6 Å². The van der Waals surface area contributed by atoms with Gasteiger partial charge in [0.25, 0.3) is 0 Å². The van der Waals surface area contributed by atoms with Crippen LogP contribution in [-0.4, -0.2) is 13.4 Å². The zero-order valence-corrected chi connectivity index (χ0v) is 9.56. The molecule has 0 aromatic carbocycles. The van der Waals surface area contributed by atoms with Crippen molar-refractivity contribution in [3.8, 4) is 10.4 Å². The summed E-state index contributed by atoms with van der Waals surface area (Å²) in [5, 5.41) is 4.97. The normalized spacial score (nSPS) is 11.6. The standard InChI is InChI=1S/C9H7FN2O2S2/c10-7-3-6(4-12-5-7)8-1-2-9(15-8)16(11,13)14/h1-5H,(H2,11,13,14). The van der Waals surface area contributed by atoms with E-state index in [0.717, 1.165) is 17.5 Å². The molecule has 84 valence electrons. The van der Waals surface area contributed by atoms with Crippen molar-refractivity contribution < 1.29 is 12.8 Å². The van der Waals surface area contributed by atoms with Crippen LogP contribution >= 0.6 is 11.3 Å². The Morgan fingerprint density at radius 1 is 1.31 bits per heavy atom. The minimum Gasteiger partial charge on any atom is -0.261 e. The Kier molecular flexibility index (Phi) is 2.75. The van der Waals surface area contributed by atoms with Crippen LogP contribution in [0.25, 0.3) is 10.4 Å². The van der Waals surface area contributed by atoms with Crippen LogP contribution in [0.5, 0.6) is 0 Å². The lowest BCUT2D eigenvalue weighted by molar-refractivity contribution is 0.600. The molecular formula is C9H7FN2O2S2. The third-order valence-electron chi connectivity index (χ3n) is 1.85. The van der Waals surface area contributed by atoms with Gasteiger partial charge >= 0.3 is 0 Å². The Hall–Kier alpha value is -1.31. The number of halogens is 1. The summed E-state index contributed by atoms with van der Waals surface area (Å²) in [5.74, 6) is -0.469. The Balaban J connectivity index is 2.47. The maximum absolute atomic E-state index is 12.9. The summed E-state index contributed by atoms with van der Waals surface area (Å²) in [6, 6.07) is 4.24. The average Bonchev–Trinajstić information content (AvgIpc) is 2.65. The van der Waals surface area contributed by atoms with Gasteiger partial charge in [-0.1, -0.05) is 0 Å². The largest absolute Gasteiger partial charge is 0.261 e. The fourth-order valence-electron chi connectivity index (χ4n) is 1.17. The van der Waals surface area contributed by atoms with Crippen molar-refractivity contribution in [1.29, 1.82) is 0 Å². The minimum atomic E-state index is -3.70. The molecule has 0 amide bonds. The first-order valence-electron chi connectivity index (χ1n) is 4.20. The zero-order valence-electron chi connectivity index (χ0n) is 7.92. The number of thiophene rings is 1. The molecule has 2 N–H and O–H groups in total. The number of hydrogen-bond donors (Lipinski definition) is 1. The van der Waals surface area contributed by atoms with Gasteiger partial charge in [0.05, 0.1) is 6.20 Å². The first-order chi connectivity index (χ1) is 7.47. The lowest BCUT2D eigenvalue weighted by Crippen LogP contribution is -2.09. The number of nitrogens with zero attached hydrogens (tertiary/aromatic N) is 1. The summed E-state index contributed by atoms with van der Waals surface area (Å²) in [6.45, 7) is 0. The molecule has 7 heteroatoms. The SMILES string of the molecule is NS(=O)(=O)c1ccc(-c2cncc(F)c2)s1. The van der Waals surface area contributed by atoms with Crippen LogP contribution in [0.3, 0.4) is 0 Å². The van der Waals surface area contributed by atoms with E-state index in [2.05, 4.69) is 4.98 Å². The van der Waals surface area contributed by atoms with Gasteiger partial charge in [-0.25, -0.2) is 17.9 Å². The molecule has 0 saturated carbocycles. The predicted molar refractivity (Wildman–Crippen MR) is 58.9 cm³/mol. The number of hydrogen-bond acceptors (Lipinski definition) is 4. The second kappa shape index (κ2) is 3.93. The highest BCUT2D eigenvalue weighted by atomic mass is 32.2. The monoisotopic (exact) mass is 258 g/mol. The second-order valence-corrected chi connectivity index (χ2v) is 5.93. The van der Waals surface area contributed by atoms with Crippen LogP contribution in [0.4, 0.5) is 4.39 Å². The topological polar surface area (TPSA) is 73.1 Å². The van der Waals surface area contributed by atoms with E-state index >= 15 is 0 Å². The van der Waals surface area contributed by atoms with Gasteiger partial charge in [-0.15, -0.1) is 11.3 Å². The first kappa shape index (κ1) is 11.2. The number of primary sulfonamides is 1. The molecule has 4 nitrogen and oxygen atoms in total. The Bertz CT molecular complexity index is 622. The number of nitrogens with two attached hydrogens (primary N) is 1. The van der Waals surface area contributed by atoms with Crippen molar-refractivity contribution in [3.63, 3.8) is 0 Å². The lowest BCUT2D eigenvalue weighted by atomic mass is 10.2. The van der Waals surface area contributed by atoms with E-state index in [1.54, 1.807) is 6.07 Å². The van der Waals surface area contributed by atoms with Gasteiger partial charge < -0.3 is 0 Å². The maximum atomic E-state index is 12.9. The number of sulfonamides is 1. The van der Waals surface area contributed by atoms with E-state index in [1.165, 1.54) is 18.3 Å². The Morgan fingerprint density at radius 2 is 2.06 bits per heavy atom. The van der Waals surface area contributed by atoms with Gasteiger partial charge in [-0.05, 0) is 18.2 Å². The summed E-state index contributed by atoms with van der Waals surface area (Å²) in [6.07, 6.45) is 2.54. The average molecular weight is 258 g/mol. The maximum Gasteiger partial charge on any atom is 0.247 e. The highest BCUT2D eigenvalue weighted by Gasteiger charge is 2.12. The molecule has 2 rings (SSSR count). The smallest absolute Gasteiger partial charge is 0.247 e. The third kappa shape index (κ3) is 2.26. The molecular weight excluding hydrogens is 251 g/mol. The van der Waals surface area contributed by atoms with E-state index in [-0.39, 0.29) is 4.21 Å². The molecule has 0 aliphatic rings. The Labute approximate surface area is 95.6 Å². The van der Waals surface area contributed by atoms with E-state index < -0.39 is 15.8 Å². The number of pyridine rings is 1. The molecule has 0 fully saturated rings. The Morgan fingerprint density at radius 3 is 2.62 bits per heavy atom. The van der Waals surface area contributed by atoms with Gasteiger partial charge in [0.2, 0.25) is 10.0 Å². The molecule has 2 aromatic rings. The van der Waals surface area contributed by atoms with Crippen molar-refractivity contribution in [2.45, 2.75) is 4.21 Å². The summed E-state index contributed by atoms with van der Waals surface area (Å²) >= 11 is 0.982. The van der Waals surface area contributed by atoms with Crippen molar-refractivity contribution in [2.75, 3.05) is 0 Å². The third-order valence-corrected chi connectivity index (χ3v) is 4.42. The van der Waals surface area contributed by atoms with Crippen molar-refractivity contribution in [1.82, 2.24) is 4.98 Å². The fraction of sp³-hybridized carbons (Fsp3) is 0. The van der Waals surface area contributed by atoms with Crippen molar-refractivity contribution in [2.24, 2.45) is 5.14 Å². The summed E-state index contributed by atoms with van der Waals surface area (Å²) < 4.78 is 35.0. The molecule has 0 unspecified atom stereocenters. The van der Waals surface area contributed by atoms with Crippen LogP contribution in [0, 0.1) is 5.82 Å². The summed E-state index contributed by atoms with van der Waals surface area (Å²) in [7, 11) is -3.70. The van der Waals surface area contributed by atoms with Crippen LogP contribution < -0.4 is 5.14 Å². The zero-order chi connectivity index (χ0) is 11.8. The predicted octanol–water partition coefficient (Wildman–Crippen LogP) is 1.60. The molecule has 0 atom stereocenters. The van der Waals surface area contributed by atoms with E-state index in [1.807, 2.05) is 0 Å². The molecule has 0 radical (unpaired) electrons. The highest BCUT2D eigenvalue weighted by Crippen LogP contribution is 2.29. The van der Waals surface area contributed by atoms with Crippen LogP contribution in [-0.2, 0) is 10.0 Å². The van der Waals surface area contributed by atoms with E-state index in [9.17, 15) is 12.8 Å². The molecule has 0 aliphatic carbocycles. The van der Waals surface area contributed by atoms with Crippen LogP contribution in [0.15, 0.2) is 34.8 Å². The highest BCUT2D eigenvalue weighted by molar-refractivity contribution is 7.91. The van der Waals surface area contributed by atoms with Gasteiger partial charge in [0.1, 0.15) is 10.0 Å². The first-order valence-corrected chi connectivity index (χ1v) is 6.56. The summed E-state index contributed by atoms with van der Waals surface area (Å²) in [4.78, 5) is 4.29. The fourth-order valence-corrected chi connectivity index (χ4v) is 2.88. The quantitative estimate of drug-likeness (QED) is 0.889. The minimum absolute atomic E-state index is 0.0479. The van der Waals surface area contributed by atoms with Crippen LogP contribution in [0.1, 0.15) is 0 Å². The van der Waals surface area contributed by atoms with Crippen molar-refractivity contribution >= 4 is 21.4 Å². The van der Waals surface area contributed by atoms with E-state index in [0.29, 0.717) is 10.4 Å². The van der Waals surface area contributed by atoms with Crippen molar-refractivity contribution in [3.05, 3.63) is 36.4 Å². The van der Waals surface area contributed by atoms with Gasteiger partial charge in [-0.3, -0.25) is 4.98 Å². The molecule has 0 spiro atoms. The second-order valence-electron chi connectivity index (χ2n) is 3.06. The summed E-state index contributed by atoms with van der Waals surface area (Å²) in [5.41, 5.74) is 0.528. The van der Waals surface area contributed by atoms with Gasteiger partial charge in [0.15, 0.2) is 0 Å². The molecule has 2 aromatic heterocycles. The lowest BCUT2D eigenvalue weighted by Gasteiger charge is -1.95. The van der Waals surface area contributed by atoms with E-state index in [4.69, 9.17) is 5.14 Å². The molecule has 16 heavy (non-hydrogen) atoms. The number of rotatable bonds is 2. The molecule has 0 bridgehead atoms.